The quantitative estimate of drug-likeness (QED) is 0.776. The SMILES string of the molecule is Cc1nc(C(N)c2cccc3cccnc23)sc1C. The summed E-state index contributed by atoms with van der Waals surface area (Å²) in [4.78, 5) is 10.2. The summed E-state index contributed by atoms with van der Waals surface area (Å²) in [6.07, 6.45) is 1.80. The Morgan fingerprint density at radius 3 is 2.68 bits per heavy atom. The second-order valence-electron chi connectivity index (χ2n) is 4.59. The third-order valence-corrected chi connectivity index (χ3v) is 4.47. The average Bonchev–Trinajstić information content (AvgIpc) is 2.77. The number of aryl methyl sites for hydroxylation is 2. The van der Waals surface area contributed by atoms with Gasteiger partial charge in [0.2, 0.25) is 0 Å². The maximum absolute atomic E-state index is 6.37. The van der Waals surface area contributed by atoms with Crippen LogP contribution in [0.25, 0.3) is 10.9 Å². The smallest absolute Gasteiger partial charge is 0.115 e. The average molecular weight is 269 g/mol. The van der Waals surface area contributed by atoms with Crippen molar-refractivity contribution >= 4 is 22.2 Å². The number of hydrogen-bond acceptors (Lipinski definition) is 4. The van der Waals surface area contributed by atoms with Crippen molar-refractivity contribution in [3.05, 3.63) is 57.7 Å². The third-order valence-electron chi connectivity index (χ3n) is 3.31. The van der Waals surface area contributed by atoms with Gasteiger partial charge in [-0.2, -0.15) is 0 Å². The van der Waals surface area contributed by atoms with Crippen molar-refractivity contribution in [2.24, 2.45) is 5.73 Å². The van der Waals surface area contributed by atoms with Crippen molar-refractivity contribution in [1.29, 1.82) is 0 Å². The van der Waals surface area contributed by atoms with E-state index in [4.69, 9.17) is 5.73 Å². The lowest BCUT2D eigenvalue weighted by Crippen LogP contribution is -2.12. The van der Waals surface area contributed by atoms with E-state index in [1.807, 2.05) is 25.1 Å². The molecule has 3 nitrogen and oxygen atoms in total. The van der Waals surface area contributed by atoms with Crippen molar-refractivity contribution in [3.8, 4) is 0 Å². The summed E-state index contributed by atoms with van der Waals surface area (Å²) in [5.41, 5.74) is 9.43. The highest BCUT2D eigenvalue weighted by Crippen LogP contribution is 2.29. The van der Waals surface area contributed by atoms with E-state index in [1.165, 1.54) is 4.88 Å². The van der Waals surface area contributed by atoms with Crippen molar-refractivity contribution in [2.75, 3.05) is 0 Å². The van der Waals surface area contributed by atoms with Crippen LogP contribution in [0.3, 0.4) is 0 Å². The maximum Gasteiger partial charge on any atom is 0.115 e. The molecule has 4 heteroatoms. The van der Waals surface area contributed by atoms with Crippen LogP contribution in [-0.2, 0) is 0 Å². The number of fused-ring (bicyclic) bond motifs is 1. The zero-order chi connectivity index (χ0) is 13.4. The van der Waals surface area contributed by atoms with Crippen molar-refractivity contribution in [3.63, 3.8) is 0 Å². The molecule has 0 saturated carbocycles. The van der Waals surface area contributed by atoms with Gasteiger partial charge in [-0.05, 0) is 19.9 Å². The molecule has 2 N–H and O–H groups in total. The summed E-state index contributed by atoms with van der Waals surface area (Å²) in [7, 11) is 0. The van der Waals surface area contributed by atoms with Gasteiger partial charge in [0.05, 0.1) is 17.3 Å². The Labute approximate surface area is 116 Å². The Morgan fingerprint density at radius 1 is 1.16 bits per heavy atom. The van der Waals surface area contributed by atoms with Gasteiger partial charge in [-0.3, -0.25) is 4.98 Å². The van der Waals surface area contributed by atoms with Gasteiger partial charge in [0.15, 0.2) is 0 Å². The van der Waals surface area contributed by atoms with E-state index in [1.54, 1.807) is 17.5 Å². The number of para-hydroxylation sites is 1. The molecule has 96 valence electrons. The lowest BCUT2D eigenvalue weighted by molar-refractivity contribution is 0.857. The molecule has 19 heavy (non-hydrogen) atoms. The first-order valence-corrected chi connectivity index (χ1v) is 7.01. The predicted octanol–water partition coefficient (Wildman–Crippen LogP) is 3.36. The highest BCUT2D eigenvalue weighted by Gasteiger charge is 2.17. The Kier molecular flexibility index (Phi) is 3.05. The zero-order valence-corrected chi connectivity index (χ0v) is 11.7. The van der Waals surface area contributed by atoms with Crippen LogP contribution >= 0.6 is 11.3 Å². The van der Waals surface area contributed by atoms with E-state index in [2.05, 4.69) is 29.0 Å². The van der Waals surface area contributed by atoms with Crippen LogP contribution in [0.1, 0.15) is 27.2 Å². The molecule has 3 aromatic rings. The van der Waals surface area contributed by atoms with Crippen molar-refractivity contribution < 1.29 is 0 Å². The van der Waals surface area contributed by atoms with E-state index >= 15 is 0 Å². The molecule has 0 fully saturated rings. The Hall–Kier alpha value is -1.78. The van der Waals surface area contributed by atoms with Gasteiger partial charge < -0.3 is 5.73 Å². The molecule has 2 aromatic heterocycles. The van der Waals surface area contributed by atoms with Gasteiger partial charge in [0.1, 0.15) is 5.01 Å². The van der Waals surface area contributed by atoms with Crippen molar-refractivity contribution in [2.45, 2.75) is 19.9 Å². The minimum Gasteiger partial charge on any atom is -0.318 e. The summed E-state index contributed by atoms with van der Waals surface area (Å²) in [5.74, 6) is 0. The van der Waals surface area contributed by atoms with Crippen molar-refractivity contribution in [1.82, 2.24) is 9.97 Å². The summed E-state index contributed by atoms with van der Waals surface area (Å²) in [6.45, 7) is 4.09. The summed E-state index contributed by atoms with van der Waals surface area (Å²) in [6, 6.07) is 9.89. The molecule has 3 rings (SSSR count). The van der Waals surface area contributed by atoms with Crippen LogP contribution in [-0.4, -0.2) is 9.97 Å². The number of hydrogen-bond donors (Lipinski definition) is 1. The molecule has 0 radical (unpaired) electrons. The Bertz CT molecular complexity index is 708. The van der Waals surface area contributed by atoms with Crippen LogP contribution in [0.5, 0.6) is 0 Å². The molecular weight excluding hydrogens is 254 g/mol. The van der Waals surface area contributed by atoms with Gasteiger partial charge in [-0.25, -0.2) is 4.98 Å². The second kappa shape index (κ2) is 4.72. The number of benzene rings is 1. The highest BCUT2D eigenvalue weighted by atomic mass is 32.1. The lowest BCUT2D eigenvalue weighted by Gasteiger charge is -2.11. The van der Waals surface area contributed by atoms with E-state index < -0.39 is 0 Å². The Morgan fingerprint density at radius 2 is 1.95 bits per heavy atom. The molecule has 0 aliphatic carbocycles. The summed E-state index contributed by atoms with van der Waals surface area (Å²) in [5, 5.41) is 2.06. The van der Waals surface area contributed by atoms with E-state index in [9.17, 15) is 0 Å². The topological polar surface area (TPSA) is 51.8 Å². The number of aromatic nitrogens is 2. The standard InChI is InChI=1S/C15H15N3S/c1-9-10(2)19-15(18-9)13(16)12-7-3-5-11-6-4-8-17-14(11)12/h3-8,13H,16H2,1-2H3. The molecular formula is C15H15N3S. The number of thiazole rings is 1. The molecule has 1 aromatic carbocycles. The fourth-order valence-electron chi connectivity index (χ4n) is 2.14. The maximum atomic E-state index is 6.37. The first-order valence-electron chi connectivity index (χ1n) is 6.20. The molecule has 0 aliphatic rings. The predicted molar refractivity (Wildman–Crippen MR) is 79.4 cm³/mol. The normalized spacial score (nSPS) is 12.8. The second-order valence-corrected chi connectivity index (χ2v) is 5.83. The molecule has 0 amide bonds. The summed E-state index contributed by atoms with van der Waals surface area (Å²) < 4.78 is 0. The number of rotatable bonds is 2. The van der Waals surface area contributed by atoms with Gasteiger partial charge in [0.25, 0.3) is 0 Å². The number of pyridine rings is 1. The number of nitrogens with two attached hydrogens (primary N) is 1. The fraction of sp³-hybridized carbons (Fsp3) is 0.200. The monoisotopic (exact) mass is 269 g/mol. The Balaban J connectivity index is 2.13. The third kappa shape index (κ3) is 2.13. The molecule has 0 spiro atoms. The minimum absolute atomic E-state index is 0.212. The molecule has 0 aliphatic heterocycles. The van der Waals surface area contributed by atoms with Crippen LogP contribution in [0.4, 0.5) is 0 Å². The van der Waals surface area contributed by atoms with Gasteiger partial charge in [-0.15, -0.1) is 11.3 Å². The van der Waals surface area contributed by atoms with Gasteiger partial charge in [-0.1, -0.05) is 24.3 Å². The molecule has 1 unspecified atom stereocenters. The fourth-order valence-corrected chi connectivity index (χ4v) is 3.09. The van der Waals surface area contributed by atoms with E-state index in [0.717, 1.165) is 27.2 Å². The van der Waals surface area contributed by atoms with Crippen LogP contribution in [0.2, 0.25) is 0 Å². The van der Waals surface area contributed by atoms with E-state index in [0.29, 0.717) is 0 Å². The van der Waals surface area contributed by atoms with Crippen LogP contribution < -0.4 is 5.73 Å². The summed E-state index contributed by atoms with van der Waals surface area (Å²) >= 11 is 1.66. The lowest BCUT2D eigenvalue weighted by atomic mass is 10.0. The van der Waals surface area contributed by atoms with Gasteiger partial charge in [0, 0.05) is 22.0 Å². The van der Waals surface area contributed by atoms with Crippen LogP contribution in [0, 0.1) is 13.8 Å². The molecule has 2 heterocycles. The van der Waals surface area contributed by atoms with Gasteiger partial charge >= 0.3 is 0 Å². The molecule has 1 atom stereocenters. The first kappa shape index (κ1) is 12.3. The largest absolute Gasteiger partial charge is 0.318 e. The number of nitrogens with zero attached hydrogens (tertiary/aromatic N) is 2. The first-order chi connectivity index (χ1) is 9.16. The van der Waals surface area contributed by atoms with E-state index in [-0.39, 0.29) is 6.04 Å². The molecule has 0 bridgehead atoms. The zero-order valence-electron chi connectivity index (χ0n) is 10.9. The highest BCUT2D eigenvalue weighted by molar-refractivity contribution is 7.11. The minimum atomic E-state index is -0.212. The van der Waals surface area contributed by atoms with Crippen LogP contribution in [0.15, 0.2) is 36.5 Å². The molecule has 0 saturated heterocycles.